The Kier molecular flexibility index (Phi) is 5.17. The highest BCUT2D eigenvalue weighted by molar-refractivity contribution is 7.91. The highest BCUT2D eigenvalue weighted by Crippen LogP contribution is 2.32. The molecule has 0 N–H and O–H groups in total. The van der Waals surface area contributed by atoms with Crippen molar-refractivity contribution in [1.29, 1.82) is 0 Å². The maximum absolute atomic E-state index is 12.7. The number of carbonyl (C=O) groups is 1. The van der Waals surface area contributed by atoms with E-state index in [9.17, 15) is 13.2 Å². The summed E-state index contributed by atoms with van der Waals surface area (Å²) in [7, 11) is -1.12. The summed E-state index contributed by atoms with van der Waals surface area (Å²) < 4.78 is 41.1. The van der Waals surface area contributed by atoms with Crippen LogP contribution in [0, 0.1) is 0 Å². The minimum absolute atomic E-state index is 0.00602. The van der Waals surface area contributed by atoms with Crippen molar-refractivity contribution in [3.8, 4) is 23.0 Å². The molecule has 10 heteroatoms. The lowest BCUT2D eigenvalue weighted by Gasteiger charge is -2.16. The van der Waals surface area contributed by atoms with Crippen LogP contribution in [-0.2, 0) is 21.1 Å². The molecule has 0 spiro atoms. The third-order valence-corrected chi connectivity index (χ3v) is 6.13. The molecule has 30 heavy (non-hydrogen) atoms. The zero-order chi connectivity index (χ0) is 21.3. The predicted octanol–water partition coefficient (Wildman–Crippen LogP) is 2.12. The topological polar surface area (TPSA) is 112 Å². The van der Waals surface area contributed by atoms with Gasteiger partial charge in [-0.15, -0.1) is 5.10 Å². The Morgan fingerprint density at radius 2 is 1.87 bits per heavy atom. The van der Waals surface area contributed by atoms with Crippen molar-refractivity contribution in [2.24, 2.45) is 0 Å². The van der Waals surface area contributed by atoms with E-state index in [0.717, 1.165) is 11.3 Å². The Bertz CT molecular complexity index is 1200. The molecule has 1 aromatic heterocycles. The molecule has 0 saturated carbocycles. The lowest BCUT2D eigenvalue weighted by Crippen LogP contribution is -2.34. The second-order valence-corrected chi connectivity index (χ2v) is 8.49. The summed E-state index contributed by atoms with van der Waals surface area (Å²) in [6.45, 7) is 0.439. The van der Waals surface area contributed by atoms with Crippen LogP contribution in [0.4, 0.5) is 5.69 Å². The first kappa shape index (κ1) is 19.9. The molecule has 0 radical (unpaired) electrons. The number of hydrogen-bond donors (Lipinski definition) is 0. The smallest absolute Gasteiger partial charge is 0.336 e. The fourth-order valence-corrected chi connectivity index (χ4v) is 4.30. The van der Waals surface area contributed by atoms with Crippen LogP contribution >= 0.6 is 0 Å². The van der Waals surface area contributed by atoms with Gasteiger partial charge in [-0.05, 0) is 36.2 Å². The molecule has 9 nitrogen and oxygen atoms in total. The number of rotatable bonds is 6. The van der Waals surface area contributed by atoms with Crippen molar-refractivity contribution in [2.45, 2.75) is 11.6 Å². The van der Waals surface area contributed by atoms with Gasteiger partial charge in [0.25, 0.3) is 0 Å². The standard InChI is InChI=1S/C20H19N3O6S/c1-27-16-8-7-14(11-17(16)28-2)19-21-22-20(29-19)30(25,26)12-18(24)23-10-9-13-5-3-4-6-15(13)23/h3-8,11H,9-10,12H2,1-2H3. The number of carbonyl (C=O) groups excluding carboxylic acids is 1. The summed E-state index contributed by atoms with van der Waals surface area (Å²) in [5.41, 5.74) is 2.20. The molecular formula is C20H19N3O6S. The van der Waals surface area contributed by atoms with Crippen LogP contribution in [0.3, 0.4) is 0 Å². The van der Waals surface area contributed by atoms with E-state index in [4.69, 9.17) is 13.9 Å². The number of methoxy groups -OCH3 is 2. The van der Waals surface area contributed by atoms with Gasteiger partial charge in [-0.1, -0.05) is 23.3 Å². The van der Waals surface area contributed by atoms with Gasteiger partial charge < -0.3 is 18.8 Å². The molecule has 1 aliphatic heterocycles. The number of ether oxygens (including phenoxy) is 2. The fraction of sp³-hybridized carbons (Fsp3) is 0.250. The molecule has 2 heterocycles. The molecule has 0 aliphatic carbocycles. The number of nitrogens with zero attached hydrogens (tertiary/aromatic N) is 3. The van der Waals surface area contributed by atoms with Gasteiger partial charge in [0.15, 0.2) is 11.5 Å². The van der Waals surface area contributed by atoms with Gasteiger partial charge in [0.1, 0.15) is 5.75 Å². The second-order valence-electron chi connectivity index (χ2n) is 6.63. The van der Waals surface area contributed by atoms with Gasteiger partial charge in [-0.2, -0.15) is 0 Å². The zero-order valence-electron chi connectivity index (χ0n) is 16.4. The normalized spacial score (nSPS) is 13.2. The molecule has 3 aromatic rings. The van der Waals surface area contributed by atoms with E-state index < -0.39 is 26.7 Å². The molecule has 0 unspecified atom stereocenters. The second kappa shape index (κ2) is 7.79. The largest absolute Gasteiger partial charge is 0.493 e. The summed E-state index contributed by atoms with van der Waals surface area (Å²) in [5, 5.41) is 6.84. The Morgan fingerprint density at radius 3 is 2.63 bits per heavy atom. The molecule has 0 atom stereocenters. The van der Waals surface area contributed by atoms with E-state index in [2.05, 4.69) is 10.2 Å². The maximum atomic E-state index is 12.7. The third kappa shape index (κ3) is 3.61. The van der Waals surface area contributed by atoms with E-state index in [1.165, 1.54) is 19.1 Å². The monoisotopic (exact) mass is 429 g/mol. The minimum Gasteiger partial charge on any atom is -0.493 e. The average Bonchev–Trinajstić information content (AvgIpc) is 3.41. The first-order chi connectivity index (χ1) is 14.4. The molecule has 2 aromatic carbocycles. The SMILES string of the molecule is COc1ccc(-c2nnc(S(=O)(=O)CC(=O)N3CCc4ccccc43)o2)cc1OC. The lowest BCUT2D eigenvalue weighted by molar-refractivity contribution is -0.116. The quantitative estimate of drug-likeness (QED) is 0.586. The van der Waals surface area contributed by atoms with Crippen molar-refractivity contribution in [2.75, 3.05) is 31.4 Å². The first-order valence-corrected chi connectivity index (χ1v) is 10.7. The molecule has 1 aliphatic rings. The van der Waals surface area contributed by atoms with E-state index in [1.54, 1.807) is 24.3 Å². The Labute approximate surface area is 173 Å². The number of amides is 1. The van der Waals surface area contributed by atoms with Gasteiger partial charge in [0, 0.05) is 17.8 Å². The van der Waals surface area contributed by atoms with Crippen LogP contribution in [0.5, 0.6) is 11.5 Å². The van der Waals surface area contributed by atoms with Crippen LogP contribution in [-0.4, -0.2) is 51.0 Å². The van der Waals surface area contributed by atoms with Crippen LogP contribution in [0.25, 0.3) is 11.5 Å². The van der Waals surface area contributed by atoms with Crippen LogP contribution in [0.1, 0.15) is 5.56 Å². The molecule has 1 amide bonds. The van der Waals surface area contributed by atoms with Crippen molar-refractivity contribution in [1.82, 2.24) is 10.2 Å². The van der Waals surface area contributed by atoms with Gasteiger partial charge in [0.05, 0.1) is 14.2 Å². The minimum atomic E-state index is -4.10. The van der Waals surface area contributed by atoms with Gasteiger partial charge in [-0.25, -0.2) is 8.42 Å². The number of hydrogen-bond acceptors (Lipinski definition) is 8. The molecule has 4 rings (SSSR count). The van der Waals surface area contributed by atoms with Crippen LogP contribution < -0.4 is 14.4 Å². The molecular weight excluding hydrogens is 410 g/mol. The van der Waals surface area contributed by atoms with Crippen LogP contribution in [0.15, 0.2) is 52.1 Å². The van der Waals surface area contributed by atoms with Crippen molar-refractivity contribution < 1.29 is 27.1 Å². The summed E-state index contributed by atoms with van der Waals surface area (Å²) in [6.07, 6.45) is 0.686. The van der Waals surface area contributed by atoms with E-state index in [0.29, 0.717) is 30.0 Å². The number of benzene rings is 2. The summed E-state index contributed by atoms with van der Waals surface area (Å²) in [5.74, 6) is -0.362. The van der Waals surface area contributed by atoms with Crippen molar-refractivity contribution in [3.63, 3.8) is 0 Å². The zero-order valence-corrected chi connectivity index (χ0v) is 17.2. The van der Waals surface area contributed by atoms with Gasteiger partial charge >= 0.3 is 5.22 Å². The summed E-state index contributed by atoms with van der Waals surface area (Å²) in [6, 6.07) is 12.3. The maximum Gasteiger partial charge on any atom is 0.336 e. The third-order valence-electron chi connectivity index (χ3n) is 4.80. The Morgan fingerprint density at radius 1 is 1.10 bits per heavy atom. The van der Waals surface area contributed by atoms with Gasteiger partial charge in [0.2, 0.25) is 21.6 Å². The first-order valence-electron chi connectivity index (χ1n) is 9.10. The predicted molar refractivity (Wildman–Crippen MR) is 107 cm³/mol. The number of anilines is 1. The average molecular weight is 429 g/mol. The fourth-order valence-electron chi connectivity index (χ4n) is 3.32. The van der Waals surface area contributed by atoms with Crippen molar-refractivity contribution in [3.05, 3.63) is 48.0 Å². The van der Waals surface area contributed by atoms with Gasteiger partial charge in [-0.3, -0.25) is 4.79 Å². The highest BCUT2D eigenvalue weighted by Gasteiger charge is 2.32. The Hall–Kier alpha value is -3.40. The van der Waals surface area contributed by atoms with Crippen LogP contribution in [0.2, 0.25) is 0 Å². The molecule has 0 fully saturated rings. The van der Waals surface area contributed by atoms with E-state index in [-0.39, 0.29) is 5.89 Å². The molecule has 156 valence electrons. The van der Waals surface area contributed by atoms with E-state index >= 15 is 0 Å². The lowest BCUT2D eigenvalue weighted by atomic mass is 10.2. The number of sulfone groups is 1. The number of para-hydroxylation sites is 1. The van der Waals surface area contributed by atoms with Crippen molar-refractivity contribution >= 4 is 21.4 Å². The molecule has 0 bridgehead atoms. The summed E-state index contributed by atoms with van der Waals surface area (Å²) in [4.78, 5) is 14.1. The highest BCUT2D eigenvalue weighted by atomic mass is 32.2. The Balaban J connectivity index is 1.55. The number of aromatic nitrogens is 2. The molecule has 0 saturated heterocycles. The number of fused-ring (bicyclic) bond motifs is 1. The van der Waals surface area contributed by atoms with E-state index in [1.807, 2.05) is 18.2 Å². The summed E-state index contributed by atoms with van der Waals surface area (Å²) >= 11 is 0.